The predicted octanol–water partition coefficient (Wildman–Crippen LogP) is 2.98. The van der Waals surface area contributed by atoms with Crippen molar-refractivity contribution in [1.29, 1.82) is 0 Å². The molecule has 0 saturated heterocycles. The van der Waals surface area contributed by atoms with Gasteiger partial charge in [0.15, 0.2) is 0 Å². The first kappa shape index (κ1) is 11.5. The molecule has 1 heterocycles. The summed E-state index contributed by atoms with van der Waals surface area (Å²) in [5.74, 6) is 0.463. The van der Waals surface area contributed by atoms with Crippen LogP contribution in [-0.2, 0) is 12.0 Å². The first-order chi connectivity index (χ1) is 7.51. The number of rotatable bonds is 2. The summed E-state index contributed by atoms with van der Waals surface area (Å²) >= 11 is 0. The Balaban J connectivity index is 2.50. The fraction of sp³-hybridized carbons (Fsp3) is 0.636. The lowest BCUT2D eigenvalue weighted by Crippen LogP contribution is -2.55. The second kappa shape index (κ2) is 3.80. The topological polar surface area (TPSA) is 25.2 Å². The van der Waals surface area contributed by atoms with Crippen molar-refractivity contribution in [1.82, 2.24) is 5.32 Å². The zero-order chi connectivity index (χ0) is 11.8. The summed E-state index contributed by atoms with van der Waals surface area (Å²) in [6, 6.07) is 1.44. The van der Waals surface area contributed by atoms with Crippen LogP contribution in [0.1, 0.15) is 31.1 Å². The van der Waals surface area contributed by atoms with E-state index in [0.717, 1.165) is 0 Å². The van der Waals surface area contributed by atoms with E-state index < -0.39 is 11.7 Å². The molecule has 0 spiro atoms. The van der Waals surface area contributed by atoms with Crippen LogP contribution in [0.5, 0.6) is 0 Å². The molecule has 1 aliphatic carbocycles. The molecule has 1 N–H and O–H groups in total. The lowest BCUT2D eigenvalue weighted by Gasteiger charge is -2.39. The van der Waals surface area contributed by atoms with Gasteiger partial charge in [0.25, 0.3) is 0 Å². The molecule has 0 radical (unpaired) electrons. The largest absolute Gasteiger partial charge is 0.469 e. The predicted molar refractivity (Wildman–Crippen MR) is 53.1 cm³/mol. The molecule has 0 fully saturated rings. The van der Waals surface area contributed by atoms with E-state index >= 15 is 0 Å². The maximum Gasteiger partial charge on any atom is 0.410 e. The molecule has 0 aromatic carbocycles. The van der Waals surface area contributed by atoms with Crippen LogP contribution >= 0.6 is 0 Å². The van der Waals surface area contributed by atoms with Gasteiger partial charge < -0.3 is 9.73 Å². The maximum atomic E-state index is 13.2. The Labute approximate surface area is 91.8 Å². The normalized spacial score (nSPS) is 25.5. The third-order valence-electron chi connectivity index (χ3n) is 3.12. The Morgan fingerprint density at radius 1 is 1.50 bits per heavy atom. The van der Waals surface area contributed by atoms with Gasteiger partial charge in [0.2, 0.25) is 0 Å². The van der Waals surface area contributed by atoms with Crippen LogP contribution in [0.15, 0.2) is 16.7 Å². The summed E-state index contributed by atoms with van der Waals surface area (Å²) in [7, 11) is 0. The van der Waals surface area contributed by atoms with Crippen LogP contribution in [-0.4, -0.2) is 12.7 Å². The SMILES string of the molecule is CCNC1(C(F)(F)F)CCCc2occc21. The fourth-order valence-corrected chi connectivity index (χ4v) is 2.44. The van der Waals surface area contributed by atoms with Gasteiger partial charge in [-0.05, 0) is 25.5 Å². The molecule has 1 aliphatic rings. The first-order valence-corrected chi connectivity index (χ1v) is 5.40. The van der Waals surface area contributed by atoms with Crippen LogP contribution < -0.4 is 5.32 Å². The van der Waals surface area contributed by atoms with Crippen LogP contribution in [0.4, 0.5) is 13.2 Å². The number of hydrogen-bond acceptors (Lipinski definition) is 2. The van der Waals surface area contributed by atoms with E-state index in [1.807, 2.05) is 0 Å². The van der Waals surface area contributed by atoms with E-state index in [-0.39, 0.29) is 18.5 Å². The summed E-state index contributed by atoms with van der Waals surface area (Å²) in [5, 5.41) is 2.60. The molecule has 1 atom stereocenters. The number of fused-ring (bicyclic) bond motifs is 1. The molecule has 1 unspecified atom stereocenters. The molecule has 1 aromatic rings. The summed E-state index contributed by atoms with van der Waals surface area (Å²) < 4.78 is 44.8. The smallest absolute Gasteiger partial charge is 0.410 e. The van der Waals surface area contributed by atoms with Gasteiger partial charge in [-0.3, -0.25) is 0 Å². The van der Waals surface area contributed by atoms with E-state index in [1.54, 1.807) is 6.92 Å². The van der Waals surface area contributed by atoms with Crippen molar-refractivity contribution in [2.75, 3.05) is 6.54 Å². The van der Waals surface area contributed by atoms with Crippen LogP contribution in [0.2, 0.25) is 0 Å². The Bertz CT molecular complexity index is 372. The van der Waals surface area contributed by atoms with Crippen LogP contribution in [0.3, 0.4) is 0 Å². The standard InChI is InChI=1S/C11H14F3NO/c1-2-15-10(11(12,13)14)6-3-4-9-8(10)5-7-16-9/h5,7,15H,2-4,6H2,1H3. The summed E-state index contributed by atoms with van der Waals surface area (Å²) in [4.78, 5) is 0. The van der Waals surface area contributed by atoms with Crippen molar-refractivity contribution >= 4 is 0 Å². The van der Waals surface area contributed by atoms with Gasteiger partial charge in [-0.25, -0.2) is 0 Å². The zero-order valence-corrected chi connectivity index (χ0v) is 9.03. The fourth-order valence-electron chi connectivity index (χ4n) is 2.44. The Hall–Kier alpha value is -0.970. The number of alkyl halides is 3. The molecule has 2 rings (SSSR count). The summed E-state index contributed by atoms with van der Waals surface area (Å²) in [6.07, 6.45) is -1.79. The second-order valence-corrected chi connectivity index (χ2v) is 4.04. The number of halogens is 3. The average Bonchev–Trinajstić information content (AvgIpc) is 2.65. The van der Waals surface area contributed by atoms with E-state index in [9.17, 15) is 13.2 Å². The van der Waals surface area contributed by atoms with Crippen molar-refractivity contribution in [3.63, 3.8) is 0 Å². The van der Waals surface area contributed by atoms with Gasteiger partial charge in [0.05, 0.1) is 6.26 Å². The molecule has 0 bridgehead atoms. The minimum Gasteiger partial charge on any atom is -0.469 e. The summed E-state index contributed by atoms with van der Waals surface area (Å²) in [5.41, 5.74) is -1.66. The quantitative estimate of drug-likeness (QED) is 0.849. The molecule has 16 heavy (non-hydrogen) atoms. The van der Waals surface area contributed by atoms with Crippen molar-refractivity contribution in [3.05, 3.63) is 23.7 Å². The minimum atomic E-state index is -4.29. The van der Waals surface area contributed by atoms with E-state index in [1.165, 1.54) is 12.3 Å². The Morgan fingerprint density at radius 3 is 2.88 bits per heavy atom. The van der Waals surface area contributed by atoms with Crippen LogP contribution in [0.25, 0.3) is 0 Å². The summed E-state index contributed by atoms with van der Waals surface area (Å²) in [6.45, 7) is 1.96. The highest BCUT2D eigenvalue weighted by Crippen LogP contribution is 2.47. The molecular weight excluding hydrogens is 219 g/mol. The highest BCUT2D eigenvalue weighted by Gasteiger charge is 2.57. The second-order valence-electron chi connectivity index (χ2n) is 4.04. The minimum absolute atomic E-state index is 0.0802. The van der Waals surface area contributed by atoms with Crippen LogP contribution in [0, 0.1) is 0 Å². The number of hydrogen-bond donors (Lipinski definition) is 1. The van der Waals surface area contributed by atoms with Crippen molar-refractivity contribution in [2.24, 2.45) is 0 Å². The molecule has 0 amide bonds. The van der Waals surface area contributed by atoms with Crippen molar-refractivity contribution < 1.29 is 17.6 Å². The van der Waals surface area contributed by atoms with Gasteiger partial charge in [-0.15, -0.1) is 0 Å². The molecule has 0 aliphatic heterocycles. The monoisotopic (exact) mass is 233 g/mol. The number of aryl methyl sites for hydroxylation is 1. The van der Waals surface area contributed by atoms with E-state index in [2.05, 4.69) is 5.32 Å². The number of furan rings is 1. The van der Waals surface area contributed by atoms with Gasteiger partial charge in [-0.2, -0.15) is 13.2 Å². The third-order valence-corrected chi connectivity index (χ3v) is 3.12. The molecule has 0 saturated carbocycles. The van der Waals surface area contributed by atoms with E-state index in [4.69, 9.17) is 4.42 Å². The van der Waals surface area contributed by atoms with Gasteiger partial charge in [0, 0.05) is 12.0 Å². The van der Waals surface area contributed by atoms with Gasteiger partial charge >= 0.3 is 6.18 Å². The first-order valence-electron chi connectivity index (χ1n) is 5.40. The molecule has 1 aromatic heterocycles. The van der Waals surface area contributed by atoms with Gasteiger partial charge in [0.1, 0.15) is 11.3 Å². The highest BCUT2D eigenvalue weighted by atomic mass is 19.4. The molecule has 90 valence electrons. The highest BCUT2D eigenvalue weighted by molar-refractivity contribution is 5.31. The Kier molecular flexibility index (Phi) is 2.74. The lowest BCUT2D eigenvalue weighted by atomic mass is 9.79. The van der Waals surface area contributed by atoms with Crippen molar-refractivity contribution in [3.8, 4) is 0 Å². The molecule has 5 heteroatoms. The van der Waals surface area contributed by atoms with Gasteiger partial charge in [-0.1, -0.05) is 6.92 Å². The molecular formula is C11H14F3NO. The number of nitrogens with one attached hydrogen (secondary N) is 1. The lowest BCUT2D eigenvalue weighted by molar-refractivity contribution is -0.205. The van der Waals surface area contributed by atoms with E-state index in [0.29, 0.717) is 18.6 Å². The zero-order valence-electron chi connectivity index (χ0n) is 9.03. The molecule has 2 nitrogen and oxygen atoms in total. The average molecular weight is 233 g/mol. The van der Waals surface area contributed by atoms with Crippen molar-refractivity contribution in [2.45, 2.75) is 37.9 Å². The Morgan fingerprint density at radius 2 is 2.25 bits per heavy atom. The third kappa shape index (κ3) is 1.54. The maximum absolute atomic E-state index is 13.2.